The van der Waals surface area contributed by atoms with Gasteiger partial charge in [0, 0.05) is 39.1 Å². The molecule has 0 aliphatic carbocycles. The van der Waals surface area contributed by atoms with Crippen molar-refractivity contribution in [3.8, 4) is 0 Å². The highest BCUT2D eigenvalue weighted by molar-refractivity contribution is 14.0. The molecule has 1 amide bonds. The summed E-state index contributed by atoms with van der Waals surface area (Å²) in [5, 5.41) is 6.82. The molecule has 0 aromatic rings. The number of hydrogen-bond donors (Lipinski definition) is 2. The monoisotopic (exact) mass is 493 g/mol. The standard InChI is InChI=1S/C20H39N5O.HI/c1-4-18(25-14-5-7-19(25)26)8-12-23-20(21-3)22-11-6-13-24-15-9-17(2)10-16-24;/h17-18H,4-16H2,1-3H3,(H2,21,22,23);1H. The Kier molecular flexibility index (Phi) is 12.3. The van der Waals surface area contributed by atoms with E-state index in [2.05, 4.69) is 39.3 Å². The molecule has 0 bridgehead atoms. The Morgan fingerprint density at radius 2 is 1.93 bits per heavy atom. The van der Waals surface area contributed by atoms with Crippen molar-refractivity contribution in [1.82, 2.24) is 20.4 Å². The van der Waals surface area contributed by atoms with Crippen LogP contribution in [-0.2, 0) is 4.79 Å². The maximum Gasteiger partial charge on any atom is 0.222 e. The third kappa shape index (κ3) is 8.54. The number of halogens is 1. The number of nitrogens with zero attached hydrogens (tertiary/aromatic N) is 3. The van der Waals surface area contributed by atoms with E-state index < -0.39 is 0 Å². The van der Waals surface area contributed by atoms with Crippen LogP contribution in [-0.4, -0.2) is 74.0 Å². The van der Waals surface area contributed by atoms with Crippen molar-refractivity contribution < 1.29 is 4.79 Å². The van der Waals surface area contributed by atoms with Crippen molar-refractivity contribution in [3.63, 3.8) is 0 Å². The first-order valence-electron chi connectivity index (χ1n) is 10.6. The van der Waals surface area contributed by atoms with E-state index in [0.29, 0.717) is 11.9 Å². The molecule has 0 saturated carbocycles. The van der Waals surface area contributed by atoms with Gasteiger partial charge in [0.25, 0.3) is 0 Å². The number of piperidine rings is 1. The quantitative estimate of drug-likeness (QED) is 0.225. The Bertz CT molecular complexity index is 452. The van der Waals surface area contributed by atoms with Crippen molar-refractivity contribution in [2.24, 2.45) is 10.9 Å². The minimum Gasteiger partial charge on any atom is -0.356 e. The van der Waals surface area contributed by atoms with Gasteiger partial charge in [0.1, 0.15) is 0 Å². The molecule has 158 valence electrons. The number of carbonyl (C=O) groups is 1. The van der Waals surface area contributed by atoms with Crippen molar-refractivity contribution in [1.29, 1.82) is 0 Å². The minimum absolute atomic E-state index is 0. The van der Waals surface area contributed by atoms with Gasteiger partial charge in [-0.2, -0.15) is 0 Å². The Balaban J connectivity index is 0.00000364. The summed E-state index contributed by atoms with van der Waals surface area (Å²) >= 11 is 0. The molecule has 6 nitrogen and oxygen atoms in total. The molecule has 2 fully saturated rings. The Hall–Kier alpha value is -0.570. The molecule has 0 spiro atoms. The van der Waals surface area contributed by atoms with Crippen LogP contribution in [0.2, 0.25) is 0 Å². The van der Waals surface area contributed by atoms with Gasteiger partial charge in [0.2, 0.25) is 5.91 Å². The summed E-state index contributed by atoms with van der Waals surface area (Å²) in [4.78, 5) is 20.9. The topological polar surface area (TPSA) is 60.0 Å². The molecule has 2 rings (SSSR count). The SMILES string of the molecule is CCC(CCNC(=NC)NCCCN1CCC(C)CC1)N1CCCC1=O.I. The largest absolute Gasteiger partial charge is 0.356 e. The first-order valence-corrected chi connectivity index (χ1v) is 10.6. The lowest BCUT2D eigenvalue weighted by molar-refractivity contribution is -0.129. The summed E-state index contributed by atoms with van der Waals surface area (Å²) in [7, 11) is 1.82. The van der Waals surface area contributed by atoms with Gasteiger partial charge in [-0.3, -0.25) is 9.79 Å². The molecule has 2 aliphatic rings. The van der Waals surface area contributed by atoms with Crippen molar-refractivity contribution in [3.05, 3.63) is 0 Å². The van der Waals surface area contributed by atoms with Crippen LogP contribution >= 0.6 is 24.0 Å². The number of likely N-dealkylation sites (tertiary alicyclic amines) is 2. The summed E-state index contributed by atoms with van der Waals surface area (Å²) in [5.74, 6) is 2.10. The normalized spacial score (nSPS) is 20.5. The highest BCUT2D eigenvalue weighted by atomic mass is 127. The summed E-state index contributed by atoms with van der Waals surface area (Å²) in [6, 6.07) is 0.358. The maximum atomic E-state index is 11.9. The second kappa shape index (κ2) is 13.6. The van der Waals surface area contributed by atoms with Crippen LogP contribution in [0, 0.1) is 5.92 Å². The number of nitrogens with one attached hydrogen (secondary N) is 2. The molecular weight excluding hydrogens is 453 g/mol. The average Bonchev–Trinajstić information content (AvgIpc) is 3.08. The lowest BCUT2D eigenvalue weighted by Gasteiger charge is -2.30. The van der Waals surface area contributed by atoms with E-state index in [0.717, 1.165) is 63.6 Å². The first-order chi connectivity index (χ1) is 12.6. The van der Waals surface area contributed by atoms with E-state index in [1.165, 1.54) is 32.5 Å². The van der Waals surface area contributed by atoms with E-state index in [1.807, 2.05) is 7.05 Å². The second-order valence-electron chi connectivity index (χ2n) is 7.84. The molecule has 2 aliphatic heterocycles. The van der Waals surface area contributed by atoms with Gasteiger partial charge in [0.05, 0.1) is 0 Å². The Morgan fingerprint density at radius 1 is 1.22 bits per heavy atom. The zero-order valence-electron chi connectivity index (χ0n) is 17.5. The molecule has 1 atom stereocenters. The maximum absolute atomic E-state index is 11.9. The number of guanidine groups is 1. The number of rotatable bonds is 9. The summed E-state index contributed by atoms with van der Waals surface area (Å²) in [6.45, 7) is 10.9. The van der Waals surface area contributed by atoms with Gasteiger partial charge in [-0.05, 0) is 64.1 Å². The third-order valence-corrected chi connectivity index (χ3v) is 5.84. The van der Waals surface area contributed by atoms with E-state index >= 15 is 0 Å². The number of aliphatic imine (C=N–C) groups is 1. The molecule has 1 unspecified atom stereocenters. The van der Waals surface area contributed by atoms with Crippen molar-refractivity contribution in [2.75, 3.05) is 46.3 Å². The molecule has 0 aromatic heterocycles. The van der Waals surface area contributed by atoms with Gasteiger partial charge < -0.3 is 20.4 Å². The first kappa shape index (κ1) is 24.5. The van der Waals surface area contributed by atoms with Crippen LogP contribution in [0.5, 0.6) is 0 Å². The zero-order chi connectivity index (χ0) is 18.8. The number of amides is 1. The van der Waals surface area contributed by atoms with Gasteiger partial charge in [-0.25, -0.2) is 0 Å². The van der Waals surface area contributed by atoms with Gasteiger partial charge in [0.15, 0.2) is 5.96 Å². The van der Waals surface area contributed by atoms with Crippen molar-refractivity contribution in [2.45, 2.75) is 64.8 Å². The molecule has 2 saturated heterocycles. The predicted molar refractivity (Wildman–Crippen MR) is 124 cm³/mol. The molecule has 0 aromatic carbocycles. The molecule has 27 heavy (non-hydrogen) atoms. The molecule has 0 radical (unpaired) electrons. The van der Waals surface area contributed by atoms with Gasteiger partial charge in [-0.1, -0.05) is 13.8 Å². The van der Waals surface area contributed by atoms with E-state index in [1.54, 1.807) is 0 Å². The fourth-order valence-electron chi connectivity index (χ4n) is 4.01. The van der Waals surface area contributed by atoms with E-state index in [4.69, 9.17) is 0 Å². The third-order valence-electron chi connectivity index (χ3n) is 5.84. The highest BCUT2D eigenvalue weighted by Crippen LogP contribution is 2.17. The summed E-state index contributed by atoms with van der Waals surface area (Å²) < 4.78 is 0. The van der Waals surface area contributed by atoms with Crippen LogP contribution in [0.15, 0.2) is 4.99 Å². The lowest BCUT2D eigenvalue weighted by Crippen LogP contribution is -2.42. The molecular formula is C20H40IN5O. The lowest BCUT2D eigenvalue weighted by atomic mass is 9.99. The fraction of sp³-hybridized carbons (Fsp3) is 0.900. The van der Waals surface area contributed by atoms with Gasteiger partial charge in [-0.15, -0.1) is 24.0 Å². The Morgan fingerprint density at radius 3 is 2.52 bits per heavy atom. The van der Waals surface area contributed by atoms with E-state index in [-0.39, 0.29) is 24.0 Å². The van der Waals surface area contributed by atoms with Crippen LogP contribution in [0.3, 0.4) is 0 Å². The Labute approximate surface area is 182 Å². The number of hydrogen-bond acceptors (Lipinski definition) is 3. The molecule has 2 N–H and O–H groups in total. The fourth-order valence-corrected chi connectivity index (χ4v) is 4.01. The zero-order valence-corrected chi connectivity index (χ0v) is 19.8. The van der Waals surface area contributed by atoms with Crippen LogP contribution in [0.1, 0.15) is 58.8 Å². The van der Waals surface area contributed by atoms with Crippen LogP contribution in [0.25, 0.3) is 0 Å². The van der Waals surface area contributed by atoms with Crippen molar-refractivity contribution >= 4 is 35.8 Å². The second-order valence-corrected chi connectivity index (χ2v) is 7.84. The summed E-state index contributed by atoms with van der Waals surface area (Å²) in [6.07, 6.45) is 7.58. The molecule has 2 heterocycles. The van der Waals surface area contributed by atoms with E-state index in [9.17, 15) is 4.79 Å². The summed E-state index contributed by atoms with van der Waals surface area (Å²) in [5.41, 5.74) is 0. The van der Waals surface area contributed by atoms with Gasteiger partial charge >= 0.3 is 0 Å². The average molecular weight is 493 g/mol. The number of carbonyl (C=O) groups excluding carboxylic acids is 1. The minimum atomic E-state index is 0. The van der Waals surface area contributed by atoms with Crippen LogP contribution < -0.4 is 10.6 Å². The smallest absolute Gasteiger partial charge is 0.222 e. The molecule has 7 heteroatoms. The van der Waals surface area contributed by atoms with Crippen LogP contribution in [0.4, 0.5) is 0 Å². The highest BCUT2D eigenvalue weighted by Gasteiger charge is 2.26. The predicted octanol–water partition coefficient (Wildman–Crippen LogP) is 2.68.